The summed E-state index contributed by atoms with van der Waals surface area (Å²) in [5.74, 6) is -3.97. The molecule has 1 rings (SSSR count). The molecule has 6 atom stereocenters. The molecule has 0 aliphatic carbocycles. The predicted octanol–water partition coefficient (Wildman–Crippen LogP) is -1.01. The van der Waals surface area contributed by atoms with E-state index in [9.17, 15) is 29.1 Å². The normalized spacial score (nSPS) is 27.2. The molecule has 0 amide bonds. The van der Waals surface area contributed by atoms with Gasteiger partial charge in [0, 0.05) is 34.6 Å². The Labute approximate surface area is 166 Å². The minimum Gasteiger partial charge on any atom is -0.462 e. The van der Waals surface area contributed by atoms with Gasteiger partial charge in [-0.2, -0.15) is 0 Å². The van der Waals surface area contributed by atoms with Crippen LogP contribution in [0.3, 0.4) is 0 Å². The highest BCUT2D eigenvalue weighted by molar-refractivity contribution is 5.69. The molecule has 0 bridgehead atoms. The molecule has 1 aliphatic heterocycles. The van der Waals surface area contributed by atoms with Crippen molar-refractivity contribution in [3.05, 3.63) is 0 Å². The lowest BCUT2D eigenvalue weighted by Crippen LogP contribution is -2.64. The van der Waals surface area contributed by atoms with Gasteiger partial charge >= 0.3 is 29.8 Å². The van der Waals surface area contributed by atoms with Crippen LogP contribution in [0.15, 0.2) is 0 Å². The molecule has 0 spiro atoms. The smallest absolute Gasteiger partial charge is 0.303 e. The summed E-state index contributed by atoms with van der Waals surface area (Å²) in [6.45, 7) is 4.84. The Morgan fingerprint density at radius 3 is 1.69 bits per heavy atom. The van der Waals surface area contributed by atoms with Gasteiger partial charge in [0.25, 0.3) is 0 Å². The van der Waals surface area contributed by atoms with Gasteiger partial charge in [0.05, 0.1) is 0 Å². The van der Waals surface area contributed by atoms with Crippen LogP contribution in [0, 0.1) is 0 Å². The van der Waals surface area contributed by atoms with Crippen LogP contribution in [0.25, 0.3) is 0 Å². The van der Waals surface area contributed by atoms with Gasteiger partial charge in [0.2, 0.25) is 0 Å². The fourth-order valence-electron chi connectivity index (χ4n) is 2.73. The van der Waals surface area contributed by atoms with E-state index in [-0.39, 0.29) is 0 Å². The van der Waals surface area contributed by atoms with Crippen molar-refractivity contribution in [2.24, 2.45) is 0 Å². The molecule has 0 saturated carbocycles. The maximum absolute atomic E-state index is 11.6. The third-order valence-electron chi connectivity index (χ3n) is 3.59. The molecule has 12 heteroatoms. The number of hydrogen-bond donors (Lipinski definition) is 1. The summed E-state index contributed by atoms with van der Waals surface area (Å²) >= 11 is 0. The van der Waals surface area contributed by atoms with Gasteiger partial charge in [-0.3, -0.25) is 24.0 Å². The minimum atomic E-state index is -1.84. The van der Waals surface area contributed by atoms with Crippen LogP contribution in [-0.4, -0.2) is 78.4 Å². The third-order valence-corrected chi connectivity index (χ3v) is 3.59. The first-order chi connectivity index (χ1) is 13.4. The molecule has 0 aromatic rings. The fraction of sp³-hybridized carbons (Fsp3) is 0.706. The topological polar surface area (TPSA) is 161 Å². The molecule has 0 aromatic heterocycles. The monoisotopic (exact) mass is 420 g/mol. The molecule has 1 N–H and O–H groups in total. The number of esters is 5. The first-order valence-corrected chi connectivity index (χ1v) is 8.58. The predicted molar refractivity (Wildman–Crippen MR) is 89.7 cm³/mol. The van der Waals surface area contributed by atoms with Crippen LogP contribution >= 0.6 is 0 Å². The summed E-state index contributed by atoms with van der Waals surface area (Å²) in [4.78, 5) is 57.2. The van der Waals surface area contributed by atoms with Crippen LogP contribution in [0.4, 0.5) is 0 Å². The lowest BCUT2D eigenvalue weighted by Gasteiger charge is -2.44. The first kappa shape index (κ1) is 24.3. The maximum Gasteiger partial charge on any atom is 0.303 e. The van der Waals surface area contributed by atoms with Crippen molar-refractivity contribution in [1.29, 1.82) is 0 Å². The van der Waals surface area contributed by atoms with E-state index in [2.05, 4.69) is 0 Å². The average molecular weight is 420 g/mol. The molecule has 1 saturated heterocycles. The van der Waals surface area contributed by atoms with Crippen molar-refractivity contribution in [3.8, 4) is 0 Å². The molecule has 0 unspecified atom stereocenters. The SMILES string of the molecule is CC(=O)OC[C@@H](OC(C)=O)[C@@H]1O[C@H](O)[C@H](OC(C)=O)[C@H](OC(C)=O)[C@@H]1OC(C)=O. The van der Waals surface area contributed by atoms with E-state index in [0.717, 1.165) is 34.6 Å². The summed E-state index contributed by atoms with van der Waals surface area (Å²) in [6, 6.07) is 0. The van der Waals surface area contributed by atoms with Crippen LogP contribution in [-0.2, 0) is 52.4 Å². The van der Waals surface area contributed by atoms with Crippen molar-refractivity contribution in [2.45, 2.75) is 71.4 Å². The van der Waals surface area contributed by atoms with E-state index < -0.39 is 73.3 Å². The molecule has 1 aliphatic rings. The Morgan fingerprint density at radius 2 is 1.24 bits per heavy atom. The second-order valence-electron chi connectivity index (χ2n) is 6.16. The molecule has 1 fully saturated rings. The van der Waals surface area contributed by atoms with E-state index in [1.165, 1.54) is 0 Å². The standard InChI is InChI=1S/C17H24O12/c1-7(18)24-6-12(25-8(2)19)13-14(26-9(3)20)15(27-10(4)21)16(17(23)29-13)28-11(5)22/h12-17,23H,6H2,1-5H3/t12-,13+,14-,15-,16-,17+/m1/s1. The summed E-state index contributed by atoms with van der Waals surface area (Å²) in [5.41, 5.74) is 0. The van der Waals surface area contributed by atoms with Crippen LogP contribution in [0.5, 0.6) is 0 Å². The molecule has 0 radical (unpaired) electrons. The molecule has 12 nitrogen and oxygen atoms in total. The van der Waals surface area contributed by atoms with Crippen molar-refractivity contribution < 1.29 is 57.5 Å². The van der Waals surface area contributed by atoms with Crippen LogP contribution in [0.1, 0.15) is 34.6 Å². The van der Waals surface area contributed by atoms with Crippen LogP contribution < -0.4 is 0 Å². The Balaban J connectivity index is 3.34. The third kappa shape index (κ3) is 7.66. The number of aliphatic hydroxyl groups is 1. The van der Waals surface area contributed by atoms with Gasteiger partial charge in [0.1, 0.15) is 12.7 Å². The lowest BCUT2D eigenvalue weighted by atomic mass is 9.94. The fourth-order valence-corrected chi connectivity index (χ4v) is 2.73. The zero-order valence-electron chi connectivity index (χ0n) is 16.6. The first-order valence-electron chi connectivity index (χ1n) is 8.58. The summed E-state index contributed by atoms with van der Waals surface area (Å²) in [7, 11) is 0. The number of rotatable bonds is 7. The van der Waals surface area contributed by atoms with Gasteiger partial charge in [-0.05, 0) is 0 Å². The number of carbonyl (C=O) groups is 5. The van der Waals surface area contributed by atoms with E-state index in [0.29, 0.717) is 0 Å². The zero-order valence-corrected chi connectivity index (χ0v) is 16.6. The highest BCUT2D eigenvalue weighted by Gasteiger charge is 2.54. The summed E-state index contributed by atoms with van der Waals surface area (Å²) in [5, 5.41) is 10.3. The van der Waals surface area contributed by atoms with E-state index >= 15 is 0 Å². The van der Waals surface area contributed by atoms with Gasteiger partial charge < -0.3 is 33.5 Å². The van der Waals surface area contributed by atoms with Gasteiger partial charge in [-0.25, -0.2) is 0 Å². The quantitative estimate of drug-likeness (QED) is 0.395. The summed E-state index contributed by atoms with van der Waals surface area (Å²) in [6.07, 6.45) is -9.10. The number of ether oxygens (including phenoxy) is 6. The second kappa shape index (κ2) is 10.7. The Kier molecular flexibility index (Phi) is 8.98. The minimum absolute atomic E-state index is 0.505. The summed E-state index contributed by atoms with van der Waals surface area (Å²) < 4.78 is 30.5. The van der Waals surface area contributed by atoms with Crippen molar-refractivity contribution >= 4 is 29.8 Å². The highest BCUT2D eigenvalue weighted by atomic mass is 16.7. The molecule has 0 aromatic carbocycles. The number of hydrogen-bond acceptors (Lipinski definition) is 12. The Morgan fingerprint density at radius 1 is 0.759 bits per heavy atom. The lowest BCUT2D eigenvalue weighted by molar-refractivity contribution is -0.306. The van der Waals surface area contributed by atoms with E-state index in [1.54, 1.807) is 0 Å². The number of carbonyl (C=O) groups excluding carboxylic acids is 5. The molecular weight excluding hydrogens is 396 g/mol. The Hall–Kier alpha value is -2.73. The largest absolute Gasteiger partial charge is 0.462 e. The van der Waals surface area contributed by atoms with Crippen molar-refractivity contribution in [1.82, 2.24) is 0 Å². The van der Waals surface area contributed by atoms with Gasteiger partial charge in [-0.1, -0.05) is 0 Å². The van der Waals surface area contributed by atoms with E-state index in [1.807, 2.05) is 0 Å². The Bertz CT molecular complexity index is 644. The van der Waals surface area contributed by atoms with Crippen molar-refractivity contribution in [3.63, 3.8) is 0 Å². The van der Waals surface area contributed by atoms with Crippen molar-refractivity contribution in [2.75, 3.05) is 6.61 Å². The van der Waals surface area contributed by atoms with E-state index in [4.69, 9.17) is 28.4 Å². The van der Waals surface area contributed by atoms with Crippen LogP contribution in [0.2, 0.25) is 0 Å². The maximum atomic E-state index is 11.6. The van der Waals surface area contributed by atoms with Gasteiger partial charge in [-0.15, -0.1) is 0 Å². The number of aliphatic hydroxyl groups excluding tert-OH is 1. The molecular formula is C17H24O12. The zero-order chi connectivity index (χ0) is 22.3. The molecule has 29 heavy (non-hydrogen) atoms. The molecule has 1 heterocycles. The average Bonchev–Trinajstić information content (AvgIpc) is 2.55. The molecule has 164 valence electrons. The highest BCUT2D eigenvalue weighted by Crippen LogP contribution is 2.30. The second-order valence-corrected chi connectivity index (χ2v) is 6.16. The van der Waals surface area contributed by atoms with Gasteiger partial charge in [0.15, 0.2) is 30.7 Å².